The van der Waals surface area contributed by atoms with Crippen LogP contribution in [0.3, 0.4) is 0 Å². The number of nitrogens with one attached hydrogen (secondary N) is 1. The summed E-state index contributed by atoms with van der Waals surface area (Å²) in [5.74, 6) is 0.103. The molecule has 0 saturated carbocycles. The second kappa shape index (κ2) is 9.30. The molecular weight excluding hydrogens is 340 g/mol. The number of rotatable bonds is 6. The van der Waals surface area contributed by atoms with Crippen LogP contribution in [-0.4, -0.2) is 59.2 Å². The highest BCUT2D eigenvalue weighted by Gasteiger charge is 2.18. The molecule has 0 aliphatic carbocycles. The van der Waals surface area contributed by atoms with E-state index in [0.717, 1.165) is 38.3 Å². The van der Waals surface area contributed by atoms with Crippen molar-refractivity contribution in [1.82, 2.24) is 15.2 Å². The lowest BCUT2D eigenvalue weighted by Crippen LogP contribution is -2.48. The van der Waals surface area contributed by atoms with Crippen molar-refractivity contribution in [2.24, 2.45) is 5.10 Å². The Morgan fingerprint density at radius 2 is 1.63 bits per heavy atom. The number of phenols is 1. The highest BCUT2D eigenvalue weighted by atomic mass is 16.3. The Kier molecular flexibility index (Phi) is 6.57. The van der Waals surface area contributed by atoms with Crippen molar-refractivity contribution in [3.05, 3.63) is 65.7 Å². The van der Waals surface area contributed by atoms with Gasteiger partial charge < -0.3 is 5.11 Å². The van der Waals surface area contributed by atoms with Crippen molar-refractivity contribution in [2.75, 3.05) is 32.7 Å². The number of hydrogen-bond acceptors (Lipinski definition) is 5. The van der Waals surface area contributed by atoms with Crippen LogP contribution in [0.4, 0.5) is 0 Å². The van der Waals surface area contributed by atoms with Gasteiger partial charge in [0.1, 0.15) is 5.75 Å². The fraction of sp³-hybridized carbons (Fsp3) is 0.333. The minimum absolute atomic E-state index is 0.107. The Balaban J connectivity index is 1.41. The van der Waals surface area contributed by atoms with Crippen LogP contribution in [0.5, 0.6) is 5.75 Å². The van der Waals surface area contributed by atoms with E-state index in [2.05, 4.69) is 44.6 Å². The van der Waals surface area contributed by atoms with Crippen molar-refractivity contribution in [3.8, 4) is 5.75 Å². The zero-order valence-electron chi connectivity index (χ0n) is 15.6. The molecule has 27 heavy (non-hydrogen) atoms. The van der Waals surface area contributed by atoms with E-state index in [1.807, 2.05) is 13.0 Å². The predicted molar refractivity (Wildman–Crippen MR) is 107 cm³/mol. The standard InChI is InChI=1S/C21H26N4O2/c1-17(19-7-9-20(26)10-8-19)22-23-21(27)16-25-13-11-24(12-14-25)15-18-5-3-2-4-6-18/h2-10,26H,11-16H2,1H3,(H,23,27)/b22-17-. The first-order valence-electron chi connectivity index (χ1n) is 9.21. The van der Waals surface area contributed by atoms with E-state index in [9.17, 15) is 9.90 Å². The molecule has 2 aromatic rings. The van der Waals surface area contributed by atoms with Gasteiger partial charge in [0, 0.05) is 32.7 Å². The fourth-order valence-corrected chi connectivity index (χ4v) is 3.10. The summed E-state index contributed by atoms with van der Waals surface area (Å²) in [6.45, 7) is 6.80. The van der Waals surface area contributed by atoms with Crippen LogP contribution < -0.4 is 5.43 Å². The molecule has 142 valence electrons. The van der Waals surface area contributed by atoms with Gasteiger partial charge in [0.25, 0.3) is 5.91 Å². The lowest BCUT2D eigenvalue weighted by Gasteiger charge is -2.34. The summed E-state index contributed by atoms with van der Waals surface area (Å²) in [6.07, 6.45) is 0. The van der Waals surface area contributed by atoms with Crippen LogP contribution in [0, 0.1) is 0 Å². The second-order valence-electron chi connectivity index (χ2n) is 6.82. The average Bonchev–Trinajstić information content (AvgIpc) is 2.69. The van der Waals surface area contributed by atoms with E-state index in [0.29, 0.717) is 12.3 Å². The van der Waals surface area contributed by atoms with Gasteiger partial charge >= 0.3 is 0 Å². The van der Waals surface area contributed by atoms with Gasteiger partial charge in [-0.05, 0) is 42.3 Å². The molecule has 0 bridgehead atoms. The number of aromatic hydroxyl groups is 1. The summed E-state index contributed by atoms with van der Waals surface area (Å²) in [4.78, 5) is 16.7. The van der Waals surface area contributed by atoms with Gasteiger partial charge in [0.15, 0.2) is 0 Å². The number of hydrazone groups is 1. The second-order valence-corrected chi connectivity index (χ2v) is 6.82. The molecule has 1 fully saturated rings. The van der Waals surface area contributed by atoms with Gasteiger partial charge in [-0.25, -0.2) is 5.43 Å². The molecule has 1 aliphatic rings. The number of carbonyl (C=O) groups is 1. The van der Waals surface area contributed by atoms with Gasteiger partial charge in [-0.15, -0.1) is 0 Å². The maximum absolute atomic E-state index is 12.2. The Hall–Kier alpha value is -2.70. The zero-order valence-corrected chi connectivity index (χ0v) is 15.6. The maximum Gasteiger partial charge on any atom is 0.254 e. The Bertz CT molecular complexity index is 767. The van der Waals surface area contributed by atoms with Gasteiger partial charge in [-0.1, -0.05) is 30.3 Å². The third-order valence-corrected chi connectivity index (χ3v) is 4.71. The molecule has 6 nitrogen and oxygen atoms in total. The van der Waals surface area contributed by atoms with Crippen LogP contribution in [0.25, 0.3) is 0 Å². The molecule has 0 spiro atoms. The molecule has 0 aromatic heterocycles. The van der Waals surface area contributed by atoms with E-state index in [1.165, 1.54) is 5.56 Å². The lowest BCUT2D eigenvalue weighted by atomic mass is 10.1. The normalized spacial score (nSPS) is 16.3. The molecule has 0 radical (unpaired) electrons. The smallest absolute Gasteiger partial charge is 0.254 e. The monoisotopic (exact) mass is 366 g/mol. The van der Waals surface area contributed by atoms with Crippen molar-refractivity contribution < 1.29 is 9.90 Å². The molecule has 0 unspecified atom stereocenters. The molecule has 3 rings (SSSR count). The quantitative estimate of drug-likeness (QED) is 0.607. The molecule has 2 N–H and O–H groups in total. The average molecular weight is 366 g/mol. The van der Waals surface area contributed by atoms with Gasteiger partial charge in [0.05, 0.1) is 12.3 Å². The van der Waals surface area contributed by atoms with E-state index in [1.54, 1.807) is 24.3 Å². The zero-order chi connectivity index (χ0) is 19.1. The van der Waals surface area contributed by atoms with Crippen molar-refractivity contribution in [3.63, 3.8) is 0 Å². The number of benzene rings is 2. The number of phenolic OH excluding ortho intramolecular Hbond substituents is 1. The number of piperazine rings is 1. The van der Waals surface area contributed by atoms with Crippen LogP contribution in [0.1, 0.15) is 18.1 Å². The van der Waals surface area contributed by atoms with E-state index >= 15 is 0 Å². The van der Waals surface area contributed by atoms with E-state index in [-0.39, 0.29) is 11.7 Å². The van der Waals surface area contributed by atoms with Gasteiger partial charge in [0.2, 0.25) is 0 Å². The highest BCUT2D eigenvalue weighted by Crippen LogP contribution is 2.10. The third-order valence-electron chi connectivity index (χ3n) is 4.71. The molecule has 2 aromatic carbocycles. The minimum atomic E-state index is -0.107. The lowest BCUT2D eigenvalue weighted by molar-refractivity contribution is -0.122. The molecule has 0 atom stereocenters. The first kappa shape index (κ1) is 19.1. The van der Waals surface area contributed by atoms with Gasteiger partial charge in [-0.3, -0.25) is 14.6 Å². The summed E-state index contributed by atoms with van der Waals surface area (Å²) < 4.78 is 0. The van der Waals surface area contributed by atoms with E-state index < -0.39 is 0 Å². The summed E-state index contributed by atoms with van der Waals surface area (Å²) in [5, 5.41) is 13.5. The Labute approximate surface area is 160 Å². The van der Waals surface area contributed by atoms with Crippen molar-refractivity contribution in [2.45, 2.75) is 13.5 Å². The maximum atomic E-state index is 12.2. The first-order chi connectivity index (χ1) is 13.1. The molecule has 1 aliphatic heterocycles. The number of hydrogen-bond donors (Lipinski definition) is 2. The summed E-state index contributed by atoms with van der Waals surface area (Å²) >= 11 is 0. The molecule has 1 saturated heterocycles. The third kappa shape index (κ3) is 5.91. The van der Waals surface area contributed by atoms with Gasteiger partial charge in [-0.2, -0.15) is 5.10 Å². The largest absolute Gasteiger partial charge is 0.508 e. The summed E-state index contributed by atoms with van der Waals surface area (Å²) in [5.41, 5.74) is 5.52. The molecule has 1 amide bonds. The number of carbonyl (C=O) groups excluding carboxylic acids is 1. The number of nitrogens with zero attached hydrogens (tertiary/aromatic N) is 3. The SMILES string of the molecule is C/C(=N/NC(=O)CN1CCN(Cc2ccccc2)CC1)c1ccc(O)cc1. The Morgan fingerprint density at radius 1 is 1.00 bits per heavy atom. The minimum Gasteiger partial charge on any atom is -0.508 e. The van der Waals surface area contributed by atoms with E-state index in [4.69, 9.17) is 0 Å². The molecule has 1 heterocycles. The van der Waals surface area contributed by atoms with Crippen molar-refractivity contribution in [1.29, 1.82) is 0 Å². The first-order valence-corrected chi connectivity index (χ1v) is 9.21. The Morgan fingerprint density at radius 3 is 2.30 bits per heavy atom. The summed E-state index contributed by atoms with van der Waals surface area (Å²) in [6, 6.07) is 17.2. The predicted octanol–water partition coefficient (Wildman–Crippen LogP) is 2.05. The van der Waals surface area contributed by atoms with Crippen LogP contribution in [-0.2, 0) is 11.3 Å². The molecule has 6 heteroatoms. The highest BCUT2D eigenvalue weighted by molar-refractivity contribution is 5.99. The van der Waals surface area contributed by atoms with Crippen LogP contribution in [0.2, 0.25) is 0 Å². The molecular formula is C21H26N4O2. The number of amides is 1. The fourth-order valence-electron chi connectivity index (χ4n) is 3.10. The van der Waals surface area contributed by atoms with Crippen LogP contribution >= 0.6 is 0 Å². The van der Waals surface area contributed by atoms with Crippen molar-refractivity contribution >= 4 is 11.6 Å². The summed E-state index contributed by atoms with van der Waals surface area (Å²) in [7, 11) is 0. The topological polar surface area (TPSA) is 68.2 Å². The van der Waals surface area contributed by atoms with Crippen LogP contribution in [0.15, 0.2) is 59.7 Å².